The van der Waals surface area contributed by atoms with Crippen LogP contribution in [0.4, 0.5) is 17.3 Å². The minimum Gasteiger partial charge on any atom is -0.370 e. The van der Waals surface area contributed by atoms with Gasteiger partial charge >= 0.3 is 0 Å². The van der Waals surface area contributed by atoms with E-state index in [4.69, 9.17) is 0 Å². The number of hydrogen-bond donors (Lipinski definition) is 2. The molecule has 0 fully saturated rings. The Morgan fingerprint density at radius 3 is 2.33 bits per heavy atom. The highest BCUT2D eigenvalue weighted by molar-refractivity contribution is 5.54. The summed E-state index contributed by atoms with van der Waals surface area (Å²) in [5, 5.41) is 17.3. The second kappa shape index (κ2) is 7.24. The smallest absolute Gasteiger partial charge is 0.276 e. The number of nitrogens with one attached hydrogen (secondary N) is 2. The van der Waals surface area contributed by atoms with Gasteiger partial charge in [-0.3, -0.25) is 10.1 Å². The summed E-state index contributed by atoms with van der Waals surface area (Å²) in [7, 11) is 0. The molecule has 0 saturated carbocycles. The quantitative estimate of drug-likeness (QED) is 0.561. The molecule has 1 rings (SSSR count). The van der Waals surface area contributed by atoms with Crippen molar-refractivity contribution >= 4 is 17.3 Å². The van der Waals surface area contributed by atoms with Crippen LogP contribution in [-0.2, 0) is 0 Å². The molecule has 0 radical (unpaired) electrons. The molecular formula is C15H26N4O2. The maximum absolute atomic E-state index is 11.0. The van der Waals surface area contributed by atoms with Crippen LogP contribution >= 0.6 is 0 Å². The molecule has 2 N–H and O–H groups in total. The Morgan fingerprint density at radius 2 is 1.86 bits per heavy atom. The summed E-state index contributed by atoms with van der Waals surface area (Å²) in [6.07, 6.45) is 0.938. The van der Waals surface area contributed by atoms with E-state index in [1.54, 1.807) is 0 Å². The Kier molecular flexibility index (Phi) is 5.93. The maximum atomic E-state index is 11.0. The van der Waals surface area contributed by atoms with Crippen LogP contribution in [0.2, 0.25) is 0 Å². The lowest BCUT2D eigenvalue weighted by Crippen LogP contribution is -2.28. The number of rotatable bonds is 8. The summed E-state index contributed by atoms with van der Waals surface area (Å²) in [6.45, 7) is 12.1. The van der Waals surface area contributed by atoms with Crippen molar-refractivity contribution in [1.82, 2.24) is 4.98 Å². The van der Waals surface area contributed by atoms with Crippen LogP contribution in [-0.4, -0.2) is 23.0 Å². The third-order valence-electron chi connectivity index (χ3n) is 3.87. The van der Waals surface area contributed by atoms with E-state index in [0.717, 1.165) is 13.0 Å². The molecule has 1 aromatic heterocycles. The van der Waals surface area contributed by atoms with Gasteiger partial charge in [0.25, 0.3) is 5.69 Å². The van der Waals surface area contributed by atoms with Crippen molar-refractivity contribution in [2.45, 2.75) is 41.0 Å². The Balaban J connectivity index is 2.90. The van der Waals surface area contributed by atoms with Crippen LogP contribution in [0.3, 0.4) is 0 Å². The first-order valence-electron chi connectivity index (χ1n) is 7.40. The fourth-order valence-corrected chi connectivity index (χ4v) is 1.58. The second-order valence-corrected chi connectivity index (χ2v) is 6.28. The van der Waals surface area contributed by atoms with Crippen LogP contribution in [0, 0.1) is 21.4 Å². The van der Waals surface area contributed by atoms with Gasteiger partial charge in [-0.15, -0.1) is 0 Å². The molecular weight excluding hydrogens is 268 g/mol. The summed E-state index contributed by atoms with van der Waals surface area (Å²) >= 11 is 0. The molecule has 118 valence electrons. The van der Waals surface area contributed by atoms with Crippen LogP contribution in [0.1, 0.15) is 41.0 Å². The Morgan fingerprint density at radius 1 is 1.29 bits per heavy atom. The standard InChI is InChI=1S/C15H26N4O2/c1-6-7-16-13-8-12(19(20)21)9-14(18-13)17-10-15(4,5)11(2)3/h8-9,11H,6-7,10H2,1-5H3,(H2,16,17,18). The van der Waals surface area contributed by atoms with Crippen molar-refractivity contribution in [2.75, 3.05) is 23.7 Å². The van der Waals surface area contributed by atoms with Gasteiger partial charge in [-0.2, -0.15) is 0 Å². The van der Waals surface area contributed by atoms with E-state index in [1.807, 2.05) is 6.92 Å². The molecule has 6 nitrogen and oxygen atoms in total. The van der Waals surface area contributed by atoms with Crippen LogP contribution in [0.25, 0.3) is 0 Å². The normalized spacial score (nSPS) is 11.5. The molecule has 0 unspecified atom stereocenters. The zero-order valence-electron chi connectivity index (χ0n) is 13.6. The van der Waals surface area contributed by atoms with Crippen molar-refractivity contribution in [2.24, 2.45) is 11.3 Å². The van der Waals surface area contributed by atoms with Crippen LogP contribution < -0.4 is 10.6 Å². The van der Waals surface area contributed by atoms with Crippen molar-refractivity contribution in [3.63, 3.8) is 0 Å². The lowest BCUT2D eigenvalue weighted by molar-refractivity contribution is -0.384. The first kappa shape index (κ1) is 17.2. The molecule has 0 amide bonds. The van der Waals surface area contributed by atoms with Crippen molar-refractivity contribution in [3.05, 3.63) is 22.2 Å². The van der Waals surface area contributed by atoms with E-state index >= 15 is 0 Å². The zero-order valence-corrected chi connectivity index (χ0v) is 13.6. The Labute approximate surface area is 126 Å². The molecule has 0 saturated heterocycles. The van der Waals surface area contributed by atoms with Gasteiger partial charge in [0.2, 0.25) is 0 Å². The van der Waals surface area contributed by atoms with Gasteiger partial charge in [0.15, 0.2) is 0 Å². The largest absolute Gasteiger partial charge is 0.370 e. The minimum absolute atomic E-state index is 0.0495. The van der Waals surface area contributed by atoms with E-state index in [9.17, 15) is 10.1 Å². The van der Waals surface area contributed by atoms with Gasteiger partial charge < -0.3 is 10.6 Å². The van der Waals surface area contributed by atoms with Gasteiger partial charge in [0, 0.05) is 13.1 Å². The number of hydrogen-bond acceptors (Lipinski definition) is 5. The van der Waals surface area contributed by atoms with E-state index in [0.29, 0.717) is 24.1 Å². The van der Waals surface area contributed by atoms with Crippen LogP contribution in [0.15, 0.2) is 12.1 Å². The summed E-state index contributed by atoms with van der Waals surface area (Å²) < 4.78 is 0. The zero-order chi connectivity index (χ0) is 16.0. The number of nitrogens with zero attached hydrogens (tertiary/aromatic N) is 2. The predicted octanol–water partition coefficient (Wildman–Crippen LogP) is 3.91. The second-order valence-electron chi connectivity index (χ2n) is 6.28. The molecule has 6 heteroatoms. The molecule has 0 aliphatic carbocycles. The van der Waals surface area contributed by atoms with Crippen molar-refractivity contribution < 1.29 is 4.92 Å². The average Bonchev–Trinajstić information content (AvgIpc) is 2.42. The van der Waals surface area contributed by atoms with E-state index in [-0.39, 0.29) is 11.1 Å². The lowest BCUT2D eigenvalue weighted by Gasteiger charge is -2.29. The topological polar surface area (TPSA) is 80.1 Å². The highest BCUT2D eigenvalue weighted by Crippen LogP contribution is 2.27. The Hall–Kier alpha value is -1.85. The molecule has 0 atom stereocenters. The van der Waals surface area contributed by atoms with Crippen molar-refractivity contribution in [1.29, 1.82) is 0 Å². The van der Waals surface area contributed by atoms with Crippen molar-refractivity contribution in [3.8, 4) is 0 Å². The van der Waals surface area contributed by atoms with Gasteiger partial charge in [-0.1, -0.05) is 34.6 Å². The summed E-state index contributed by atoms with van der Waals surface area (Å²) in [6, 6.07) is 2.95. The number of nitro groups is 1. The van der Waals surface area contributed by atoms with E-state index in [2.05, 4.69) is 43.3 Å². The maximum Gasteiger partial charge on any atom is 0.276 e. The van der Waals surface area contributed by atoms with Gasteiger partial charge in [0.1, 0.15) is 11.6 Å². The third kappa shape index (κ3) is 5.21. The lowest BCUT2D eigenvalue weighted by atomic mass is 9.81. The molecule has 0 aliphatic heterocycles. The van der Waals surface area contributed by atoms with Gasteiger partial charge in [-0.05, 0) is 17.8 Å². The van der Waals surface area contributed by atoms with Gasteiger partial charge in [0.05, 0.1) is 17.1 Å². The first-order chi connectivity index (χ1) is 9.76. The van der Waals surface area contributed by atoms with E-state index in [1.165, 1.54) is 12.1 Å². The summed E-state index contributed by atoms with van der Waals surface area (Å²) in [4.78, 5) is 15.0. The minimum atomic E-state index is -0.391. The molecule has 1 aromatic rings. The summed E-state index contributed by atoms with van der Waals surface area (Å²) in [5.74, 6) is 1.58. The highest BCUT2D eigenvalue weighted by Gasteiger charge is 2.22. The Bertz CT molecular complexity index is 487. The first-order valence-corrected chi connectivity index (χ1v) is 7.40. The number of aromatic nitrogens is 1. The third-order valence-corrected chi connectivity index (χ3v) is 3.87. The predicted molar refractivity (Wildman–Crippen MR) is 86.8 cm³/mol. The van der Waals surface area contributed by atoms with Crippen LogP contribution in [0.5, 0.6) is 0 Å². The monoisotopic (exact) mass is 294 g/mol. The summed E-state index contributed by atoms with van der Waals surface area (Å²) in [5.41, 5.74) is 0.136. The molecule has 0 aromatic carbocycles. The molecule has 0 spiro atoms. The number of anilines is 2. The molecule has 21 heavy (non-hydrogen) atoms. The fraction of sp³-hybridized carbons (Fsp3) is 0.667. The van der Waals surface area contributed by atoms with Gasteiger partial charge in [-0.25, -0.2) is 4.98 Å². The number of pyridine rings is 1. The molecule has 0 bridgehead atoms. The fourth-order valence-electron chi connectivity index (χ4n) is 1.58. The SMILES string of the molecule is CCCNc1cc([N+](=O)[O-])cc(NCC(C)(C)C(C)C)n1. The average molecular weight is 294 g/mol. The van der Waals surface area contributed by atoms with E-state index < -0.39 is 4.92 Å². The molecule has 0 aliphatic rings. The highest BCUT2D eigenvalue weighted by atomic mass is 16.6. The molecule has 1 heterocycles.